The summed E-state index contributed by atoms with van der Waals surface area (Å²) in [7, 11) is 0. The number of likely N-dealkylation sites (tertiary alicyclic amines) is 1. The van der Waals surface area contributed by atoms with Crippen LogP contribution in [-0.2, 0) is 0 Å². The molecule has 0 aromatic rings. The van der Waals surface area contributed by atoms with Gasteiger partial charge in [0.2, 0.25) is 0 Å². The summed E-state index contributed by atoms with van der Waals surface area (Å²) in [4.78, 5) is 8.19. The molecular formula is C23H41N3S. The highest BCUT2D eigenvalue weighted by atomic mass is 32.2. The number of hydrogen-bond acceptors (Lipinski definition) is 4. The Morgan fingerprint density at radius 2 is 1.33 bits per heavy atom. The molecule has 2 aliphatic carbocycles. The van der Waals surface area contributed by atoms with E-state index in [0.29, 0.717) is 0 Å². The topological polar surface area (TPSA) is 41.6 Å². The molecule has 4 aliphatic rings. The molecular weight excluding hydrogens is 350 g/mol. The van der Waals surface area contributed by atoms with Gasteiger partial charge in [0, 0.05) is 30.8 Å². The average molecular weight is 392 g/mol. The van der Waals surface area contributed by atoms with E-state index in [1.807, 2.05) is 11.8 Å². The van der Waals surface area contributed by atoms with Crippen LogP contribution in [0.1, 0.15) is 96.3 Å². The first kappa shape index (κ1) is 20.1. The quantitative estimate of drug-likeness (QED) is 0.668. The van der Waals surface area contributed by atoms with Crippen molar-refractivity contribution in [1.29, 1.82) is 0 Å². The van der Waals surface area contributed by atoms with Crippen LogP contribution in [0.5, 0.6) is 0 Å². The fourth-order valence-electron chi connectivity index (χ4n) is 6.47. The lowest BCUT2D eigenvalue weighted by Gasteiger charge is -2.41. The Balaban J connectivity index is 1.53. The van der Waals surface area contributed by atoms with Gasteiger partial charge in [-0.15, -0.1) is 0 Å². The first-order valence-corrected chi connectivity index (χ1v) is 13.0. The third-order valence-electron chi connectivity index (χ3n) is 8.02. The monoisotopic (exact) mass is 391 g/mol. The van der Waals surface area contributed by atoms with E-state index >= 15 is 0 Å². The molecule has 2 unspecified atom stereocenters. The third-order valence-corrected chi connectivity index (χ3v) is 8.98. The van der Waals surface area contributed by atoms with Crippen molar-refractivity contribution in [2.24, 2.45) is 22.6 Å². The normalized spacial score (nSPS) is 36.0. The Labute approximate surface area is 171 Å². The summed E-state index contributed by atoms with van der Waals surface area (Å²) in [6.45, 7) is 2.49. The Morgan fingerprint density at radius 3 is 1.96 bits per heavy atom. The Bertz CT molecular complexity index is 490. The van der Waals surface area contributed by atoms with Crippen LogP contribution < -0.4 is 5.73 Å². The van der Waals surface area contributed by atoms with Crippen molar-refractivity contribution in [2.45, 2.75) is 108 Å². The lowest BCUT2D eigenvalue weighted by Crippen LogP contribution is -2.49. The predicted octanol–water partition coefficient (Wildman–Crippen LogP) is 5.58. The van der Waals surface area contributed by atoms with Gasteiger partial charge in [-0.25, -0.2) is 0 Å². The van der Waals surface area contributed by atoms with Crippen molar-refractivity contribution >= 4 is 16.9 Å². The van der Waals surface area contributed by atoms with Crippen molar-refractivity contribution in [1.82, 2.24) is 4.90 Å². The van der Waals surface area contributed by atoms with E-state index in [1.165, 1.54) is 115 Å². The molecule has 2 atom stereocenters. The van der Waals surface area contributed by atoms with Crippen LogP contribution in [0.2, 0.25) is 0 Å². The maximum absolute atomic E-state index is 6.35. The highest BCUT2D eigenvalue weighted by molar-refractivity contribution is 8.13. The van der Waals surface area contributed by atoms with Crippen molar-refractivity contribution in [3.05, 3.63) is 0 Å². The number of fused-ring (bicyclic) bond motifs is 1. The zero-order valence-corrected chi connectivity index (χ0v) is 18.2. The van der Waals surface area contributed by atoms with Crippen LogP contribution in [0, 0.1) is 11.8 Å². The van der Waals surface area contributed by atoms with Crippen LogP contribution in [0.15, 0.2) is 4.99 Å². The first-order valence-electron chi connectivity index (χ1n) is 12.0. The van der Waals surface area contributed by atoms with Gasteiger partial charge in [0.25, 0.3) is 0 Å². The van der Waals surface area contributed by atoms with E-state index in [9.17, 15) is 0 Å². The molecule has 2 N–H and O–H groups in total. The number of nitrogens with two attached hydrogens (primary N) is 1. The molecule has 3 nitrogen and oxygen atoms in total. The van der Waals surface area contributed by atoms with Crippen LogP contribution in [0.25, 0.3) is 0 Å². The average Bonchev–Trinajstić information content (AvgIpc) is 3.06. The van der Waals surface area contributed by atoms with Crippen LogP contribution in [0.4, 0.5) is 0 Å². The minimum Gasteiger partial charge on any atom is -0.379 e. The van der Waals surface area contributed by atoms with Crippen LogP contribution in [0.3, 0.4) is 0 Å². The second-order valence-electron chi connectivity index (χ2n) is 9.77. The van der Waals surface area contributed by atoms with Crippen molar-refractivity contribution in [2.75, 3.05) is 18.8 Å². The van der Waals surface area contributed by atoms with Gasteiger partial charge in [-0.1, -0.05) is 82.4 Å². The second kappa shape index (κ2) is 9.52. The minimum absolute atomic E-state index is 0.141. The maximum atomic E-state index is 6.35. The lowest BCUT2D eigenvalue weighted by molar-refractivity contribution is 0.166. The smallest absolute Gasteiger partial charge is 0.154 e. The number of nitrogens with zero attached hydrogens (tertiary/aromatic N) is 2. The summed E-state index contributed by atoms with van der Waals surface area (Å²) in [6.07, 6.45) is 21.4. The van der Waals surface area contributed by atoms with Crippen molar-refractivity contribution < 1.29 is 0 Å². The molecule has 3 fully saturated rings. The number of amidine groups is 1. The molecule has 4 rings (SSSR count). The van der Waals surface area contributed by atoms with Gasteiger partial charge in [0.1, 0.15) is 0 Å². The Hall–Kier alpha value is -0.220. The molecule has 2 saturated carbocycles. The van der Waals surface area contributed by atoms with E-state index in [0.717, 1.165) is 23.0 Å². The molecule has 2 heterocycles. The maximum Gasteiger partial charge on any atom is 0.154 e. The fourth-order valence-corrected chi connectivity index (χ4v) is 7.47. The van der Waals surface area contributed by atoms with Crippen molar-refractivity contribution in [3.63, 3.8) is 0 Å². The largest absolute Gasteiger partial charge is 0.379 e. The fraction of sp³-hybridized carbons (Fsp3) is 0.957. The summed E-state index contributed by atoms with van der Waals surface area (Å²) >= 11 is 1.83. The van der Waals surface area contributed by atoms with Crippen LogP contribution >= 0.6 is 11.8 Å². The van der Waals surface area contributed by atoms with Crippen molar-refractivity contribution in [3.8, 4) is 0 Å². The zero-order chi connectivity index (χ0) is 18.5. The molecule has 0 radical (unpaired) electrons. The lowest BCUT2D eigenvalue weighted by atomic mass is 9.72. The first-order chi connectivity index (χ1) is 13.3. The van der Waals surface area contributed by atoms with E-state index in [2.05, 4.69) is 4.90 Å². The molecule has 0 aromatic heterocycles. The molecule has 27 heavy (non-hydrogen) atoms. The van der Waals surface area contributed by atoms with Gasteiger partial charge in [0.05, 0.1) is 5.54 Å². The molecule has 0 amide bonds. The minimum atomic E-state index is 0.141. The summed E-state index contributed by atoms with van der Waals surface area (Å²) in [6, 6.07) is 0.811. The van der Waals surface area contributed by atoms with Gasteiger partial charge < -0.3 is 5.73 Å². The zero-order valence-electron chi connectivity index (χ0n) is 17.3. The highest BCUT2D eigenvalue weighted by Crippen LogP contribution is 2.48. The number of aliphatic imine (C=N–C) groups is 1. The van der Waals surface area contributed by atoms with E-state index < -0.39 is 0 Å². The molecule has 0 spiro atoms. The predicted molar refractivity (Wildman–Crippen MR) is 118 cm³/mol. The Kier molecular flexibility index (Phi) is 7.08. The van der Waals surface area contributed by atoms with E-state index in [-0.39, 0.29) is 5.54 Å². The third kappa shape index (κ3) is 4.69. The highest BCUT2D eigenvalue weighted by Gasteiger charge is 2.53. The summed E-state index contributed by atoms with van der Waals surface area (Å²) in [5.41, 5.74) is 6.49. The van der Waals surface area contributed by atoms with E-state index in [4.69, 9.17) is 10.7 Å². The van der Waals surface area contributed by atoms with Crippen LogP contribution in [-0.4, -0.2) is 40.5 Å². The Morgan fingerprint density at radius 1 is 0.778 bits per heavy atom. The molecule has 154 valence electrons. The number of thioether (sulfide) groups is 1. The molecule has 0 bridgehead atoms. The van der Waals surface area contributed by atoms with Gasteiger partial charge >= 0.3 is 0 Å². The summed E-state index contributed by atoms with van der Waals surface area (Å²) in [5.74, 6) is 2.69. The van der Waals surface area contributed by atoms with E-state index in [1.54, 1.807) is 0 Å². The number of rotatable bonds is 2. The summed E-state index contributed by atoms with van der Waals surface area (Å²) < 4.78 is 0. The number of hydrogen-bond donors (Lipinski definition) is 1. The summed E-state index contributed by atoms with van der Waals surface area (Å²) in [5, 5.41) is 0.880. The van der Waals surface area contributed by atoms with Gasteiger partial charge in [-0.05, 0) is 31.6 Å². The SMILES string of the molecule is NC1=NC2(C3CCCCCCCC3)CN(C3CCCCCCC3)CC2CS1. The van der Waals surface area contributed by atoms with Gasteiger partial charge in [-0.3, -0.25) is 9.89 Å². The molecule has 2 aliphatic heterocycles. The molecule has 0 aromatic carbocycles. The van der Waals surface area contributed by atoms with Gasteiger partial charge in [0.15, 0.2) is 5.17 Å². The molecule has 4 heteroatoms. The van der Waals surface area contributed by atoms with Gasteiger partial charge in [-0.2, -0.15) is 0 Å². The second-order valence-corrected chi connectivity index (χ2v) is 10.8. The molecule has 1 saturated heterocycles. The standard InChI is InChI=1S/C23H41N3S/c24-22-25-23(19-12-8-4-1-2-5-9-13-19)18-26(16-20(23)17-27-22)21-14-10-6-3-7-11-15-21/h19-21H,1-18H2,(H2,24,25).